The van der Waals surface area contributed by atoms with Crippen molar-refractivity contribution in [3.8, 4) is 0 Å². The molecule has 3 heterocycles. The van der Waals surface area contributed by atoms with E-state index >= 15 is 0 Å². The summed E-state index contributed by atoms with van der Waals surface area (Å²) in [6, 6.07) is 4.36. The van der Waals surface area contributed by atoms with E-state index in [-0.39, 0.29) is 23.4 Å². The smallest absolute Gasteiger partial charge is 0.240 e. The van der Waals surface area contributed by atoms with Crippen LogP contribution in [-0.4, -0.2) is 38.0 Å². The predicted molar refractivity (Wildman–Crippen MR) is 95.1 cm³/mol. The highest BCUT2D eigenvalue weighted by atomic mass is 16.5. The SMILES string of the molecule is CC(C)(C)c1noc(CN[C@@H]2CC(=O)N(C3CC3)[C@H]2c2cccnc2)n1. The van der Waals surface area contributed by atoms with E-state index in [2.05, 4.69) is 41.2 Å². The number of carbonyl (C=O) groups excluding carboxylic acids is 1. The number of hydrogen-bond donors (Lipinski definition) is 1. The summed E-state index contributed by atoms with van der Waals surface area (Å²) in [6.45, 7) is 6.61. The van der Waals surface area contributed by atoms with Gasteiger partial charge in [-0.3, -0.25) is 9.78 Å². The van der Waals surface area contributed by atoms with E-state index in [1.54, 1.807) is 6.20 Å². The first-order valence-corrected chi connectivity index (χ1v) is 9.21. The van der Waals surface area contributed by atoms with Crippen LogP contribution in [0.5, 0.6) is 0 Å². The average Bonchev–Trinajstić information content (AvgIpc) is 3.21. The molecule has 0 aromatic carbocycles. The van der Waals surface area contributed by atoms with E-state index in [0.717, 1.165) is 18.4 Å². The number of rotatable bonds is 5. The van der Waals surface area contributed by atoms with Gasteiger partial charge in [0, 0.05) is 36.3 Å². The van der Waals surface area contributed by atoms with Gasteiger partial charge in [-0.25, -0.2) is 0 Å². The first-order valence-electron chi connectivity index (χ1n) is 9.21. The molecule has 2 atom stereocenters. The second-order valence-corrected chi connectivity index (χ2v) is 8.22. The minimum Gasteiger partial charge on any atom is -0.338 e. The molecule has 0 unspecified atom stereocenters. The predicted octanol–water partition coefficient (Wildman–Crippen LogP) is 2.36. The Morgan fingerprint density at radius 2 is 2.15 bits per heavy atom. The van der Waals surface area contributed by atoms with E-state index in [1.165, 1.54) is 0 Å². The topological polar surface area (TPSA) is 84.2 Å². The quantitative estimate of drug-likeness (QED) is 0.886. The number of nitrogens with one attached hydrogen (secondary N) is 1. The van der Waals surface area contributed by atoms with Crippen molar-refractivity contribution in [2.45, 2.75) is 70.1 Å². The molecule has 138 valence electrons. The summed E-state index contributed by atoms with van der Waals surface area (Å²) < 4.78 is 5.37. The molecule has 4 rings (SSSR count). The van der Waals surface area contributed by atoms with Crippen LogP contribution in [0.15, 0.2) is 29.0 Å². The van der Waals surface area contributed by atoms with E-state index in [0.29, 0.717) is 30.7 Å². The third-order valence-corrected chi connectivity index (χ3v) is 4.98. The van der Waals surface area contributed by atoms with Gasteiger partial charge in [0.05, 0.1) is 12.6 Å². The maximum absolute atomic E-state index is 12.6. The summed E-state index contributed by atoms with van der Waals surface area (Å²) in [5.74, 6) is 1.46. The lowest BCUT2D eigenvalue weighted by Gasteiger charge is -2.28. The van der Waals surface area contributed by atoms with E-state index in [1.807, 2.05) is 23.2 Å². The molecule has 7 heteroatoms. The van der Waals surface area contributed by atoms with Gasteiger partial charge in [-0.15, -0.1) is 0 Å². The van der Waals surface area contributed by atoms with Crippen molar-refractivity contribution in [2.75, 3.05) is 0 Å². The first kappa shape index (κ1) is 17.1. The zero-order chi connectivity index (χ0) is 18.3. The fourth-order valence-electron chi connectivity index (χ4n) is 3.51. The van der Waals surface area contributed by atoms with Crippen LogP contribution in [-0.2, 0) is 16.8 Å². The molecule has 1 aliphatic heterocycles. The molecule has 0 radical (unpaired) electrons. The number of nitrogens with zero attached hydrogens (tertiary/aromatic N) is 4. The van der Waals surface area contributed by atoms with Gasteiger partial charge < -0.3 is 14.7 Å². The second-order valence-electron chi connectivity index (χ2n) is 8.22. The molecule has 2 aliphatic rings. The molecule has 1 N–H and O–H groups in total. The largest absolute Gasteiger partial charge is 0.338 e. The number of aromatic nitrogens is 3. The summed E-state index contributed by atoms with van der Waals surface area (Å²) in [4.78, 5) is 23.4. The first-order chi connectivity index (χ1) is 12.4. The highest BCUT2D eigenvalue weighted by molar-refractivity contribution is 5.81. The maximum Gasteiger partial charge on any atom is 0.240 e. The van der Waals surface area contributed by atoms with Crippen LogP contribution in [0.3, 0.4) is 0 Å². The Bertz CT molecular complexity index is 779. The van der Waals surface area contributed by atoms with Crippen molar-refractivity contribution in [2.24, 2.45) is 0 Å². The molecule has 0 spiro atoms. The van der Waals surface area contributed by atoms with Crippen molar-refractivity contribution in [1.29, 1.82) is 0 Å². The Balaban J connectivity index is 1.51. The van der Waals surface area contributed by atoms with Crippen LogP contribution in [0.2, 0.25) is 0 Å². The van der Waals surface area contributed by atoms with Gasteiger partial charge in [0.1, 0.15) is 0 Å². The molecule has 1 saturated carbocycles. The summed E-state index contributed by atoms with van der Waals surface area (Å²) in [5.41, 5.74) is 0.926. The van der Waals surface area contributed by atoms with Crippen molar-refractivity contribution in [3.05, 3.63) is 41.8 Å². The van der Waals surface area contributed by atoms with Gasteiger partial charge >= 0.3 is 0 Å². The van der Waals surface area contributed by atoms with Gasteiger partial charge in [-0.1, -0.05) is 32.0 Å². The number of amides is 1. The van der Waals surface area contributed by atoms with Gasteiger partial charge in [-0.05, 0) is 24.5 Å². The molecular weight excluding hydrogens is 330 g/mol. The number of carbonyl (C=O) groups is 1. The molecule has 1 aliphatic carbocycles. The minimum atomic E-state index is -0.147. The van der Waals surface area contributed by atoms with Crippen LogP contribution in [0.4, 0.5) is 0 Å². The second kappa shape index (κ2) is 6.46. The Morgan fingerprint density at radius 1 is 1.35 bits per heavy atom. The molecule has 1 amide bonds. The lowest BCUT2D eigenvalue weighted by Crippen LogP contribution is -2.37. The Labute approximate surface area is 153 Å². The summed E-state index contributed by atoms with van der Waals surface area (Å²) in [5, 5.41) is 7.53. The van der Waals surface area contributed by atoms with Gasteiger partial charge in [0.25, 0.3) is 0 Å². The summed E-state index contributed by atoms with van der Waals surface area (Å²) in [6.07, 6.45) is 6.28. The third kappa shape index (κ3) is 3.35. The van der Waals surface area contributed by atoms with Crippen molar-refractivity contribution in [1.82, 2.24) is 25.3 Å². The zero-order valence-corrected chi connectivity index (χ0v) is 15.5. The van der Waals surface area contributed by atoms with Crippen LogP contribution < -0.4 is 5.32 Å². The monoisotopic (exact) mass is 355 g/mol. The van der Waals surface area contributed by atoms with Crippen molar-refractivity contribution >= 4 is 5.91 Å². The van der Waals surface area contributed by atoms with Crippen molar-refractivity contribution < 1.29 is 9.32 Å². The van der Waals surface area contributed by atoms with E-state index in [9.17, 15) is 4.79 Å². The molecular formula is C19H25N5O2. The lowest BCUT2D eigenvalue weighted by molar-refractivity contribution is -0.129. The summed E-state index contributed by atoms with van der Waals surface area (Å²) >= 11 is 0. The van der Waals surface area contributed by atoms with Gasteiger partial charge in [0.2, 0.25) is 11.8 Å². The van der Waals surface area contributed by atoms with E-state index < -0.39 is 0 Å². The van der Waals surface area contributed by atoms with Crippen LogP contribution in [0, 0.1) is 0 Å². The summed E-state index contributed by atoms with van der Waals surface area (Å²) in [7, 11) is 0. The Kier molecular flexibility index (Phi) is 4.26. The van der Waals surface area contributed by atoms with Crippen LogP contribution in [0.1, 0.15) is 63.4 Å². The zero-order valence-electron chi connectivity index (χ0n) is 15.5. The lowest BCUT2D eigenvalue weighted by atomic mass is 9.96. The third-order valence-electron chi connectivity index (χ3n) is 4.98. The Hall–Kier alpha value is -2.28. The highest BCUT2D eigenvalue weighted by Crippen LogP contribution is 2.41. The van der Waals surface area contributed by atoms with Gasteiger partial charge in [-0.2, -0.15) is 4.98 Å². The molecule has 2 aromatic rings. The standard InChI is InChI=1S/C19H25N5O2/c1-19(2,3)18-22-15(26-23-18)11-21-14-9-16(25)24(13-6-7-13)17(14)12-5-4-8-20-10-12/h4-5,8,10,13-14,17,21H,6-7,9,11H2,1-3H3/t14-,17+/m1/s1. The number of likely N-dealkylation sites (tertiary alicyclic amines) is 1. The van der Waals surface area contributed by atoms with E-state index in [4.69, 9.17) is 4.52 Å². The highest BCUT2D eigenvalue weighted by Gasteiger charge is 2.47. The fraction of sp³-hybridized carbons (Fsp3) is 0.579. The fourth-order valence-corrected chi connectivity index (χ4v) is 3.51. The van der Waals surface area contributed by atoms with Crippen molar-refractivity contribution in [3.63, 3.8) is 0 Å². The average molecular weight is 355 g/mol. The van der Waals surface area contributed by atoms with Crippen LogP contribution in [0.25, 0.3) is 0 Å². The Morgan fingerprint density at radius 3 is 2.77 bits per heavy atom. The maximum atomic E-state index is 12.6. The molecule has 1 saturated heterocycles. The number of pyridine rings is 1. The van der Waals surface area contributed by atoms with Crippen LogP contribution >= 0.6 is 0 Å². The minimum absolute atomic E-state index is 0.00806. The molecule has 26 heavy (non-hydrogen) atoms. The number of hydrogen-bond acceptors (Lipinski definition) is 6. The molecule has 7 nitrogen and oxygen atoms in total. The molecule has 2 fully saturated rings. The molecule has 2 aromatic heterocycles. The van der Waals surface area contributed by atoms with Gasteiger partial charge in [0.15, 0.2) is 5.82 Å². The normalized spacial score (nSPS) is 23.7. The molecule has 0 bridgehead atoms.